The van der Waals surface area contributed by atoms with Gasteiger partial charge in [-0.25, -0.2) is 12.1 Å². The molecule has 0 saturated carbocycles. The number of anilines is 1. The predicted octanol–water partition coefficient (Wildman–Crippen LogP) is 3.02. The first kappa shape index (κ1) is 29.6. The maximum atomic E-state index is 13.7. The zero-order chi connectivity index (χ0) is 28.5. The highest BCUT2D eigenvalue weighted by molar-refractivity contribution is 8.14. The number of benzene rings is 3. The standard InChI is InChI=1S/C29H35N5O4S2/c1-31(2)17-18-32-19-21-33(22-20-32)28(35)23-30-29(36)24-13-15-27(16-14-24)40(37,38)34(25-9-5-3-6-10-25)39-26-11-7-4-8-12-26/h3-16H,17-23H2,1-2H3,(H,30,36). The van der Waals surface area contributed by atoms with Gasteiger partial charge in [-0.05, 0) is 62.6 Å². The zero-order valence-electron chi connectivity index (χ0n) is 22.8. The molecular weight excluding hydrogens is 546 g/mol. The van der Waals surface area contributed by atoms with E-state index in [0.717, 1.165) is 43.0 Å². The van der Waals surface area contributed by atoms with Gasteiger partial charge in [-0.1, -0.05) is 36.4 Å². The molecule has 2 amide bonds. The molecule has 0 unspecified atom stereocenters. The van der Waals surface area contributed by atoms with E-state index in [9.17, 15) is 18.0 Å². The van der Waals surface area contributed by atoms with Crippen LogP contribution in [0.15, 0.2) is 94.7 Å². The summed E-state index contributed by atoms with van der Waals surface area (Å²) in [7, 11) is 0.131. The molecule has 0 aliphatic carbocycles. The molecule has 9 nitrogen and oxygen atoms in total. The summed E-state index contributed by atoms with van der Waals surface area (Å²) in [5.41, 5.74) is 0.789. The van der Waals surface area contributed by atoms with Gasteiger partial charge < -0.3 is 15.1 Å². The minimum atomic E-state index is -3.95. The molecule has 1 aliphatic rings. The molecule has 1 N–H and O–H groups in total. The largest absolute Gasteiger partial charge is 0.343 e. The number of amides is 2. The van der Waals surface area contributed by atoms with E-state index in [0.29, 0.717) is 18.8 Å². The molecule has 3 aromatic carbocycles. The second kappa shape index (κ2) is 13.8. The number of piperazine rings is 1. The molecule has 0 atom stereocenters. The molecule has 0 radical (unpaired) electrons. The number of nitrogens with one attached hydrogen (secondary N) is 1. The molecule has 0 aromatic heterocycles. The van der Waals surface area contributed by atoms with Crippen molar-refractivity contribution in [2.75, 3.05) is 63.6 Å². The van der Waals surface area contributed by atoms with E-state index >= 15 is 0 Å². The molecule has 212 valence electrons. The molecular formula is C29H35N5O4S2. The first-order valence-electron chi connectivity index (χ1n) is 13.1. The number of hydrogen-bond donors (Lipinski definition) is 1. The van der Waals surface area contributed by atoms with Crippen molar-refractivity contribution in [2.24, 2.45) is 0 Å². The monoisotopic (exact) mass is 581 g/mol. The molecule has 1 saturated heterocycles. The van der Waals surface area contributed by atoms with E-state index in [2.05, 4.69) is 15.1 Å². The van der Waals surface area contributed by atoms with Crippen LogP contribution >= 0.6 is 11.9 Å². The van der Waals surface area contributed by atoms with Crippen molar-refractivity contribution < 1.29 is 18.0 Å². The summed E-state index contributed by atoms with van der Waals surface area (Å²) in [6, 6.07) is 23.9. The lowest BCUT2D eigenvalue weighted by atomic mass is 10.2. The number of para-hydroxylation sites is 1. The van der Waals surface area contributed by atoms with Crippen molar-refractivity contribution in [1.29, 1.82) is 0 Å². The highest BCUT2D eigenvalue weighted by Crippen LogP contribution is 2.34. The molecule has 0 spiro atoms. The van der Waals surface area contributed by atoms with Crippen LogP contribution in [0.4, 0.5) is 5.69 Å². The van der Waals surface area contributed by atoms with Gasteiger partial charge in [0.25, 0.3) is 15.9 Å². The van der Waals surface area contributed by atoms with Gasteiger partial charge in [-0.2, -0.15) is 0 Å². The molecule has 40 heavy (non-hydrogen) atoms. The lowest BCUT2D eigenvalue weighted by Gasteiger charge is -2.35. The Morgan fingerprint density at radius 1 is 0.850 bits per heavy atom. The maximum Gasteiger partial charge on any atom is 0.274 e. The minimum absolute atomic E-state index is 0.0551. The topological polar surface area (TPSA) is 93.3 Å². The van der Waals surface area contributed by atoms with E-state index in [-0.39, 0.29) is 22.9 Å². The van der Waals surface area contributed by atoms with Crippen LogP contribution in [-0.4, -0.2) is 94.8 Å². The fourth-order valence-electron chi connectivity index (χ4n) is 4.17. The Hall–Kier alpha value is -3.38. The van der Waals surface area contributed by atoms with Gasteiger partial charge in [0.1, 0.15) is 0 Å². The number of nitrogens with zero attached hydrogens (tertiary/aromatic N) is 4. The normalized spacial score (nSPS) is 14.2. The van der Waals surface area contributed by atoms with E-state index in [1.807, 2.05) is 50.5 Å². The molecule has 1 aliphatic heterocycles. The average Bonchev–Trinajstić information content (AvgIpc) is 2.98. The van der Waals surface area contributed by atoms with Crippen LogP contribution in [-0.2, 0) is 14.8 Å². The second-order valence-corrected chi connectivity index (χ2v) is 12.7. The molecule has 11 heteroatoms. The van der Waals surface area contributed by atoms with Gasteiger partial charge in [0.05, 0.1) is 17.1 Å². The van der Waals surface area contributed by atoms with E-state index in [4.69, 9.17) is 0 Å². The Kier molecular flexibility index (Phi) is 10.2. The molecule has 3 aromatic rings. The summed E-state index contributed by atoms with van der Waals surface area (Å²) >= 11 is 1.10. The van der Waals surface area contributed by atoms with Crippen molar-refractivity contribution in [3.8, 4) is 0 Å². The highest BCUT2D eigenvalue weighted by Gasteiger charge is 2.27. The minimum Gasteiger partial charge on any atom is -0.343 e. The van der Waals surface area contributed by atoms with Gasteiger partial charge in [0, 0.05) is 61.7 Å². The van der Waals surface area contributed by atoms with Gasteiger partial charge in [-0.15, -0.1) is 0 Å². The van der Waals surface area contributed by atoms with Gasteiger partial charge in [0.2, 0.25) is 5.91 Å². The fraction of sp³-hybridized carbons (Fsp3) is 0.310. The fourth-order valence-corrected chi connectivity index (χ4v) is 6.85. The molecule has 4 rings (SSSR count). The first-order valence-corrected chi connectivity index (χ1v) is 15.3. The van der Waals surface area contributed by atoms with Crippen LogP contribution in [0.25, 0.3) is 0 Å². The molecule has 1 fully saturated rings. The number of carbonyl (C=O) groups excluding carboxylic acids is 2. The number of carbonyl (C=O) groups is 2. The molecule has 0 bridgehead atoms. The Balaban J connectivity index is 1.37. The summed E-state index contributed by atoms with van der Waals surface area (Å²) in [5.74, 6) is -0.559. The third-order valence-corrected chi connectivity index (χ3v) is 9.71. The number of likely N-dealkylation sites (N-methyl/N-ethyl adjacent to an activating group) is 1. The number of rotatable bonds is 11. The van der Waals surface area contributed by atoms with Gasteiger partial charge in [0.15, 0.2) is 0 Å². The van der Waals surface area contributed by atoms with Crippen molar-refractivity contribution in [1.82, 2.24) is 20.0 Å². The number of hydrogen-bond acceptors (Lipinski definition) is 7. The maximum absolute atomic E-state index is 13.7. The van der Waals surface area contributed by atoms with Crippen LogP contribution in [0.5, 0.6) is 0 Å². The Bertz CT molecular complexity index is 1360. The van der Waals surface area contributed by atoms with Crippen molar-refractivity contribution in [3.05, 3.63) is 90.5 Å². The smallest absolute Gasteiger partial charge is 0.274 e. The van der Waals surface area contributed by atoms with Crippen molar-refractivity contribution in [2.45, 2.75) is 9.79 Å². The van der Waals surface area contributed by atoms with Crippen LogP contribution in [0.1, 0.15) is 10.4 Å². The predicted molar refractivity (Wildman–Crippen MR) is 159 cm³/mol. The lowest BCUT2D eigenvalue weighted by Crippen LogP contribution is -2.52. The summed E-state index contributed by atoms with van der Waals surface area (Å²) in [6.45, 7) is 4.72. The zero-order valence-corrected chi connectivity index (χ0v) is 24.4. The van der Waals surface area contributed by atoms with Gasteiger partial charge in [-0.3, -0.25) is 14.5 Å². The van der Waals surface area contributed by atoms with Gasteiger partial charge >= 0.3 is 0 Å². The third kappa shape index (κ3) is 7.85. The summed E-state index contributed by atoms with van der Waals surface area (Å²) in [6.07, 6.45) is 0. The Labute approximate surface area is 240 Å². The van der Waals surface area contributed by atoms with Crippen molar-refractivity contribution in [3.63, 3.8) is 0 Å². The van der Waals surface area contributed by atoms with Crippen LogP contribution in [0.2, 0.25) is 0 Å². The third-order valence-electron chi connectivity index (χ3n) is 6.52. The first-order chi connectivity index (χ1) is 19.2. The molecule has 1 heterocycles. The summed E-state index contributed by atoms with van der Waals surface area (Å²) in [4.78, 5) is 32.4. The lowest BCUT2D eigenvalue weighted by molar-refractivity contribution is -0.131. The summed E-state index contributed by atoms with van der Waals surface area (Å²) in [5, 5.41) is 2.67. The Morgan fingerprint density at radius 3 is 2.05 bits per heavy atom. The Morgan fingerprint density at radius 2 is 1.45 bits per heavy atom. The summed E-state index contributed by atoms with van der Waals surface area (Å²) < 4.78 is 28.6. The number of sulfonamides is 1. The van der Waals surface area contributed by atoms with Crippen molar-refractivity contribution >= 4 is 39.5 Å². The highest BCUT2D eigenvalue weighted by atomic mass is 32.3. The SMILES string of the molecule is CN(C)CCN1CCN(C(=O)CNC(=O)c2ccc(S(=O)(=O)N(Sc3ccccc3)c3ccccc3)cc2)CC1. The quantitative estimate of drug-likeness (QED) is 0.348. The van der Waals surface area contributed by atoms with E-state index < -0.39 is 15.9 Å². The van der Waals surface area contributed by atoms with E-state index in [1.165, 1.54) is 28.0 Å². The second-order valence-electron chi connectivity index (χ2n) is 9.70. The van der Waals surface area contributed by atoms with Crippen LogP contribution in [0, 0.1) is 0 Å². The van der Waals surface area contributed by atoms with Crippen LogP contribution < -0.4 is 9.03 Å². The van der Waals surface area contributed by atoms with Crippen LogP contribution in [0.3, 0.4) is 0 Å². The van der Waals surface area contributed by atoms with E-state index in [1.54, 1.807) is 29.2 Å². The average molecular weight is 582 g/mol.